The Kier molecular flexibility index (Phi) is 8.80. The maximum Gasteiger partial charge on any atom is 0.193 e. The van der Waals surface area contributed by atoms with Crippen molar-refractivity contribution in [1.29, 1.82) is 0 Å². The Morgan fingerprint density at radius 3 is 2.68 bits per heavy atom. The fraction of sp³-hybridized carbons (Fsp3) is 0.238. The summed E-state index contributed by atoms with van der Waals surface area (Å²) in [4.78, 5) is 6.42. The summed E-state index contributed by atoms with van der Waals surface area (Å²) in [6, 6.07) is 20.0. The molecule has 0 radical (unpaired) electrons. The van der Waals surface area contributed by atoms with E-state index in [1.165, 1.54) is 0 Å². The van der Waals surface area contributed by atoms with Crippen LogP contribution in [0.2, 0.25) is 0 Å². The predicted octanol–water partition coefficient (Wildman–Crippen LogP) is 3.58. The van der Waals surface area contributed by atoms with Gasteiger partial charge >= 0.3 is 0 Å². The molecule has 2 aromatic carbocycles. The predicted molar refractivity (Wildman–Crippen MR) is 124 cm³/mol. The third-order valence-corrected chi connectivity index (χ3v) is 4.14. The summed E-state index contributed by atoms with van der Waals surface area (Å²) in [6.45, 7) is 2.02. The van der Waals surface area contributed by atoms with Gasteiger partial charge in [-0.1, -0.05) is 30.3 Å². The number of halogens is 1. The van der Waals surface area contributed by atoms with Crippen LogP contribution in [0.3, 0.4) is 0 Å². The molecule has 0 bridgehead atoms. The van der Waals surface area contributed by atoms with Crippen molar-refractivity contribution in [2.75, 3.05) is 27.2 Å². The number of aromatic nitrogens is 2. The molecule has 0 fully saturated rings. The Labute approximate surface area is 183 Å². The minimum absolute atomic E-state index is 0. The minimum Gasteiger partial charge on any atom is -0.492 e. The highest BCUT2D eigenvalue weighted by Gasteiger charge is 2.06. The monoisotopic (exact) mass is 491 g/mol. The number of rotatable bonds is 7. The van der Waals surface area contributed by atoms with Gasteiger partial charge in [0.05, 0.1) is 12.2 Å². The quantitative estimate of drug-likeness (QED) is 0.312. The number of para-hydroxylation sites is 1. The number of nitrogens with zero attached hydrogens (tertiary/aromatic N) is 4. The third-order valence-electron chi connectivity index (χ3n) is 4.14. The maximum atomic E-state index is 5.76. The van der Waals surface area contributed by atoms with Crippen LogP contribution in [0.1, 0.15) is 5.56 Å². The van der Waals surface area contributed by atoms with E-state index in [1.807, 2.05) is 66.5 Å². The van der Waals surface area contributed by atoms with Crippen molar-refractivity contribution < 1.29 is 4.74 Å². The van der Waals surface area contributed by atoms with Crippen LogP contribution in [0.5, 0.6) is 5.75 Å². The van der Waals surface area contributed by atoms with Crippen molar-refractivity contribution in [2.45, 2.75) is 6.54 Å². The molecular formula is C21H26IN5O. The lowest BCUT2D eigenvalue weighted by atomic mass is 10.2. The summed E-state index contributed by atoms with van der Waals surface area (Å²) in [6.07, 6.45) is 3.71. The Balaban J connectivity index is 0.00000280. The van der Waals surface area contributed by atoms with Crippen molar-refractivity contribution in [3.63, 3.8) is 0 Å². The van der Waals surface area contributed by atoms with Gasteiger partial charge in [0.1, 0.15) is 12.4 Å². The van der Waals surface area contributed by atoms with E-state index < -0.39 is 0 Å². The fourth-order valence-electron chi connectivity index (χ4n) is 2.72. The standard InChI is InChI=1S/C21H25N5O.HI/c1-22-21(25(2)14-15-27-20-10-4-3-5-11-20)23-17-18-8-6-9-19(16-18)26-13-7-12-24-26;/h3-13,16H,14-15,17H2,1-2H3,(H,22,23);1H. The van der Waals surface area contributed by atoms with E-state index in [1.54, 1.807) is 13.2 Å². The van der Waals surface area contributed by atoms with Gasteiger partial charge < -0.3 is 15.0 Å². The van der Waals surface area contributed by atoms with Gasteiger partial charge in [-0.05, 0) is 35.9 Å². The molecule has 0 amide bonds. The van der Waals surface area contributed by atoms with Crippen LogP contribution in [-0.4, -0.2) is 47.9 Å². The van der Waals surface area contributed by atoms with Crippen LogP contribution in [0.15, 0.2) is 78.0 Å². The smallest absolute Gasteiger partial charge is 0.193 e. The highest BCUT2D eigenvalue weighted by atomic mass is 127. The van der Waals surface area contributed by atoms with E-state index in [0.717, 1.165) is 29.5 Å². The van der Waals surface area contributed by atoms with Gasteiger partial charge in [-0.3, -0.25) is 4.99 Å². The van der Waals surface area contributed by atoms with Crippen LogP contribution in [0, 0.1) is 0 Å². The number of guanidine groups is 1. The topological polar surface area (TPSA) is 54.7 Å². The zero-order chi connectivity index (χ0) is 18.9. The molecule has 148 valence electrons. The largest absolute Gasteiger partial charge is 0.492 e. The van der Waals surface area contributed by atoms with E-state index in [0.29, 0.717) is 13.2 Å². The second kappa shape index (κ2) is 11.3. The summed E-state index contributed by atoms with van der Waals surface area (Å²) in [5.74, 6) is 1.71. The van der Waals surface area contributed by atoms with E-state index in [2.05, 4.69) is 32.4 Å². The second-order valence-electron chi connectivity index (χ2n) is 6.10. The first-order valence-corrected chi connectivity index (χ1v) is 8.95. The number of ether oxygens (including phenoxy) is 1. The molecule has 6 nitrogen and oxygen atoms in total. The lowest BCUT2D eigenvalue weighted by Crippen LogP contribution is -2.40. The fourth-order valence-corrected chi connectivity index (χ4v) is 2.72. The van der Waals surface area contributed by atoms with Crippen LogP contribution >= 0.6 is 24.0 Å². The molecule has 1 N–H and O–H groups in total. The van der Waals surface area contributed by atoms with E-state index in [4.69, 9.17) is 4.74 Å². The van der Waals surface area contributed by atoms with Gasteiger partial charge in [0.25, 0.3) is 0 Å². The molecule has 3 aromatic rings. The summed E-state index contributed by atoms with van der Waals surface area (Å²) in [7, 11) is 3.79. The number of hydrogen-bond donors (Lipinski definition) is 1. The van der Waals surface area contributed by atoms with Crippen molar-refractivity contribution in [2.24, 2.45) is 4.99 Å². The van der Waals surface area contributed by atoms with Crippen molar-refractivity contribution in [3.05, 3.63) is 78.6 Å². The zero-order valence-electron chi connectivity index (χ0n) is 16.2. The number of benzene rings is 2. The molecule has 3 rings (SSSR count). The molecule has 0 spiro atoms. The van der Waals surface area contributed by atoms with Crippen LogP contribution in [-0.2, 0) is 6.54 Å². The van der Waals surface area contributed by atoms with Gasteiger partial charge in [-0.25, -0.2) is 4.68 Å². The molecule has 1 aromatic heterocycles. The Bertz CT molecular complexity index is 852. The number of hydrogen-bond acceptors (Lipinski definition) is 3. The van der Waals surface area contributed by atoms with E-state index >= 15 is 0 Å². The lowest BCUT2D eigenvalue weighted by Gasteiger charge is -2.22. The minimum atomic E-state index is 0. The number of likely N-dealkylation sites (N-methyl/N-ethyl adjacent to an activating group) is 1. The normalized spacial score (nSPS) is 10.9. The lowest BCUT2D eigenvalue weighted by molar-refractivity contribution is 0.281. The summed E-state index contributed by atoms with van der Waals surface area (Å²) < 4.78 is 7.61. The first kappa shape index (κ1) is 21.7. The SMILES string of the molecule is CN=C(NCc1cccc(-n2cccn2)c1)N(C)CCOc1ccccc1.I. The summed E-state index contributed by atoms with van der Waals surface area (Å²) in [5, 5.41) is 7.67. The first-order chi connectivity index (χ1) is 13.3. The van der Waals surface area contributed by atoms with Crippen LogP contribution < -0.4 is 10.1 Å². The number of nitrogens with one attached hydrogen (secondary N) is 1. The van der Waals surface area contributed by atoms with Gasteiger partial charge in [0, 0.05) is 33.0 Å². The molecule has 0 saturated heterocycles. The molecule has 0 saturated carbocycles. The molecule has 1 heterocycles. The molecule has 7 heteroatoms. The Morgan fingerprint density at radius 1 is 1.14 bits per heavy atom. The number of aliphatic imine (C=N–C) groups is 1. The zero-order valence-corrected chi connectivity index (χ0v) is 18.5. The molecular weight excluding hydrogens is 465 g/mol. The van der Waals surface area contributed by atoms with Gasteiger partial charge in [-0.15, -0.1) is 24.0 Å². The van der Waals surface area contributed by atoms with E-state index in [9.17, 15) is 0 Å². The first-order valence-electron chi connectivity index (χ1n) is 8.95. The highest BCUT2D eigenvalue weighted by molar-refractivity contribution is 14.0. The molecule has 28 heavy (non-hydrogen) atoms. The Morgan fingerprint density at radius 2 is 1.96 bits per heavy atom. The van der Waals surface area contributed by atoms with Gasteiger partial charge in [0.15, 0.2) is 5.96 Å². The molecule has 0 aliphatic carbocycles. The Hall–Kier alpha value is -2.55. The van der Waals surface area contributed by atoms with Crippen molar-refractivity contribution in [1.82, 2.24) is 20.0 Å². The highest BCUT2D eigenvalue weighted by Crippen LogP contribution is 2.10. The average molecular weight is 491 g/mol. The molecule has 0 aliphatic heterocycles. The second-order valence-corrected chi connectivity index (χ2v) is 6.10. The maximum absolute atomic E-state index is 5.76. The molecule has 0 unspecified atom stereocenters. The van der Waals surface area contributed by atoms with Crippen LogP contribution in [0.25, 0.3) is 5.69 Å². The third kappa shape index (κ3) is 6.26. The van der Waals surface area contributed by atoms with E-state index in [-0.39, 0.29) is 24.0 Å². The van der Waals surface area contributed by atoms with Crippen molar-refractivity contribution >= 4 is 29.9 Å². The van der Waals surface area contributed by atoms with Crippen LogP contribution in [0.4, 0.5) is 0 Å². The molecule has 0 aliphatic rings. The van der Waals surface area contributed by atoms with Gasteiger partial charge in [-0.2, -0.15) is 5.10 Å². The summed E-state index contributed by atoms with van der Waals surface area (Å²) in [5.41, 5.74) is 2.21. The average Bonchev–Trinajstić information content (AvgIpc) is 3.24. The summed E-state index contributed by atoms with van der Waals surface area (Å²) >= 11 is 0. The molecule has 0 atom stereocenters. The van der Waals surface area contributed by atoms with Gasteiger partial charge in [0.2, 0.25) is 0 Å². The van der Waals surface area contributed by atoms with Crippen molar-refractivity contribution in [3.8, 4) is 11.4 Å².